The molecule has 0 spiro atoms. The first-order valence-electron chi connectivity index (χ1n) is 5.53. The molecule has 0 saturated carbocycles. The van der Waals surface area contributed by atoms with Crippen molar-refractivity contribution in [3.63, 3.8) is 0 Å². The molecule has 2 rings (SSSR count). The number of ether oxygens (including phenoxy) is 1. The molecule has 2 aromatic rings. The van der Waals surface area contributed by atoms with Crippen molar-refractivity contribution in [2.75, 3.05) is 7.11 Å². The Morgan fingerprint density at radius 1 is 1.33 bits per heavy atom. The van der Waals surface area contributed by atoms with Crippen LogP contribution < -0.4 is 10.3 Å². The minimum atomic E-state index is -0.0569. The molecule has 4 nitrogen and oxygen atoms in total. The second kappa shape index (κ2) is 5.82. The van der Waals surface area contributed by atoms with Gasteiger partial charge in [0.25, 0.3) is 5.56 Å². The summed E-state index contributed by atoms with van der Waals surface area (Å²) in [4.78, 5) is 15.7. The van der Waals surface area contributed by atoms with Crippen LogP contribution in [-0.2, 0) is 13.0 Å². The molecule has 0 aliphatic carbocycles. The molecule has 0 radical (unpaired) electrons. The van der Waals surface area contributed by atoms with E-state index >= 15 is 0 Å². The van der Waals surface area contributed by atoms with Crippen LogP contribution in [0.5, 0.6) is 5.75 Å². The van der Waals surface area contributed by atoms with Gasteiger partial charge in [-0.1, -0.05) is 12.1 Å². The first-order valence-corrected chi connectivity index (χ1v) is 6.33. The van der Waals surface area contributed by atoms with Crippen LogP contribution in [0.2, 0.25) is 0 Å². The molecule has 18 heavy (non-hydrogen) atoms. The minimum Gasteiger partial charge on any atom is -0.497 e. The molecule has 0 amide bonds. The van der Waals surface area contributed by atoms with E-state index < -0.39 is 0 Å². The van der Waals surface area contributed by atoms with Gasteiger partial charge in [-0.05, 0) is 40.0 Å². The summed E-state index contributed by atoms with van der Waals surface area (Å²) in [6.07, 6.45) is 3.84. The van der Waals surface area contributed by atoms with Crippen molar-refractivity contribution < 1.29 is 4.74 Å². The Balaban J connectivity index is 2.07. The number of aromatic nitrogens is 2. The predicted molar refractivity (Wildman–Crippen MR) is 72.9 cm³/mol. The average molecular weight is 309 g/mol. The monoisotopic (exact) mass is 308 g/mol. The van der Waals surface area contributed by atoms with Gasteiger partial charge in [-0.25, -0.2) is 4.98 Å². The van der Waals surface area contributed by atoms with Crippen LogP contribution >= 0.6 is 15.9 Å². The maximum Gasteiger partial charge on any atom is 0.267 e. The third-order valence-corrected chi connectivity index (χ3v) is 3.20. The Labute approximate surface area is 113 Å². The Kier molecular flexibility index (Phi) is 4.15. The highest BCUT2D eigenvalue weighted by Gasteiger charge is 2.01. The summed E-state index contributed by atoms with van der Waals surface area (Å²) in [7, 11) is 1.64. The van der Waals surface area contributed by atoms with E-state index in [0.717, 1.165) is 17.7 Å². The van der Waals surface area contributed by atoms with Crippen molar-refractivity contribution >= 4 is 15.9 Å². The number of hydrogen-bond acceptors (Lipinski definition) is 3. The van der Waals surface area contributed by atoms with Crippen LogP contribution in [-0.4, -0.2) is 16.7 Å². The lowest BCUT2D eigenvalue weighted by atomic mass is 10.1. The molecule has 0 saturated heterocycles. The van der Waals surface area contributed by atoms with E-state index in [1.165, 1.54) is 6.20 Å². The highest BCUT2D eigenvalue weighted by atomic mass is 79.9. The van der Waals surface area contributed by atoms with E-state index in [1.807, 2.05) is 24.3 Å². The zero-order valence-corrected chi connectivity index (χ0v) is 11.6. The minimum absolute atomic E-state index is 0.0569. The summed E-state index contributed by atoms with van der Waals surface area (Å²) in [6.45, 7) is 0.609. The van der Waals surface area contributed by atoms with Gasteiger partial charge in [0.05, 0.1) is 13.4 Å². The number of nitrogens with zero attached hydrogens (tertiary/aromatic N) is 2. The van der Waals surface area contributed by atoms with E-state index in [-0.39, 0.29) is 5.56 Å². The quantitative estimate of drug-likeness (QED) is 0.870. The van der Waals surface area contributed by atoms with Crippen LogP contribution in [0.15, 0.2) is 46.1 Å². The van der Waals surface area contributed by atoms with E-state index in [2.05, 4.69) is 20.9 Å². The fraction of sp³-hybridized carbons (Fsp3) is 0.231. The largest absolute Gasteiger partial charge is 0.497 e. The summed E-state index contributed by atoms with van der Waals surface area (Å²) in [5.41, 5.74) is 1.10. The van der Waals surface area contributed by atoms with Crippen LogP contribution in [0, 0.1) is 0 Å². The third kappa shape index (κ3) is 2.98. The zero-order valence-electron chi connectivity index (χ0n) is 9.97. The molecule has 1 aromatic heterocycles. The van der Waals surface area contributed by atoms with Crippen molar-refractivity contribution in [2.24, 2.45) is 0 Å². The molecule has 1 heterocycles. The van der Waals surface area contributed by atoms with Gasteiger partial charge in [-0.15, -0.1) is 0 Å². The fourth-order valence-corrected chi connectivity index (χ4v) is 1.97. The van der Waals surface area contributed by atoms with Gasteiger partial charge in [0.2, 0.25) is 0 Å². The first-order chi connectivity index (χ1) is 8.70. The molecule has 0 atom stereocenters. The SMILES string of the molecule is COc1ccc(CCn2cncc(Br)c2=O)cc1. The van der Waals surface area contributed by atoms with Crippen LogP contribution in [0.25, 0.3) is 0 Å². The zero-order chi connectivity index (χ0) is 13.0. The second-order valence-corrected chi connectivity index (χ2v) is 4.69. The van der Waals surface area contributed by atoms with Gasteiger partial charge < -0.3 is 4.74 Å². The molecule has 0 aliphatic rings. The van der Waals surface area contributed by atoms with Crippen LogP contribution in [0.3, 0.4) is 0 Å². The molecule has 0 N–H and O–H groups in total. The van der Waals surface area contributed by atoms with Crippen LogP contribution in [0.4, 0.5) is 0 Å². The molecule has 94 valence electrons. The highest BCUT2D eigenvalue weighted by molar-refractivity contribution is 9.10. The van der Waals surface area contributed by atoms with E-state index in [9.17, 15) is 4.79 Å². The summed E-state index contributed by atoms with van der Waals surface area (Å²) in [5.74, 6) is 0.833. The average Bonchev–Trinajstić information content (AvgIpc) is 2.41. The Bertz CT molecular complexity index is 578. The number of aryl methyl sites for hydroxylation is 2. The maximum atomic E-state index is 11.7. The first kappa shape index (κ1) is 12.8. The van der Waals surface area contributed by atoms with Gasteiger partial charge in [0.15, 0.2) is 0 Å². The smallest absolute Gasteiger partial charge is 0.267 e. The van der Waals surface area contributed by atoms with Crippen molar-refractivity contribution in [1.82, 2.24) is 9.55 Å². The standard InChI is InChI=1S/C13H13BrN2O2/c1-18-11-4-2-10(3-5-11)6-7-16-9-15-8-12(14)13(16)17/h2-5,8-9H,6-7H2,1H3. The molecule has 0 bridgehead atoms. The van der Waals surface area contributed by atoms with Crippen molar-refractivity contribution in [3.8, 4) is 5.75 Å². The summed E-state index contributed by atoms with van der Waals surface area (Å²) in [5, 5.41) is 0. The van der Waals surface area contributed by atoms with Gasteiger partial charge in [-0.2, -0.15) is 0 Å². The highest BCUT2D eigenvalue weighted by Crippen LogP contribution is 2.12. The molecule has 0 fully saturated rings. The van der Waals surface area contributed by atoms with Crippen molar-refractivity contribution in [2.45, 2.75) is 13.0 Å². The Hall–Kier alpha value is -1.62. The Morgan fingerprint density at radius 2 is 2.06 bits per heavy atom. The number of benzene rings is 1. The number of halogens is 1. The molecular weight excluding hydrogens is 296 g/mol. The lowest BCUT2D eigenvalue weighted by Gasteiger charge is -2.06. The van der Waals surface area contributed by atoms with Crippen LogP contribution in [0.1, 0.15) is 5.56 Å². The fourth-order valence-electron chi connectivity index (χ4n) is 1.63. The lowest BCUT2D eigenvalue weighted by Crippen LogP contribution is -2.21. The van der Waals surface area contributed by atoms with E-state index in [4.69, 9.17) is 4.74 Å². The van der Waals surface area contributed by atoms with Gasteiger partial charge >= 0.3 is 0 Å². The molecule has 5 heteroatoms. The molecular formula is C13H13BrN2O2. The third-order valence-electron chi connectivity index (χ3n) is 2.66. The van der Waals surface area contributed by atoms with Crippen molar-refractivity contribution in [1.29, 1.82) is 0 Å². The molecule has 0 aliphatic heterocycles. The summed E-state index contributed by atoms with van der Waals surface area (Å²) >= 11 is 3.18. The van der Waals surface area contributed by atoms with E-state index in [1.54, 1.807) is 18.0 Å². The van der Waals surface area contributed by atoms with Gasteiger partial charge in [-0.3, -0.25) is 9.36 Å². The summed E-state index contributed by atoms with van der Waals surface area (Å²) < 4.78 is 7.17. The van der Waals surface area contributed by atoms with Gasteiger partial charge in [0, 0.05) is 12.7 Å². The topological polar surface area (TPSA) is 44.1 Å². The van der Waals surface area contributed by atoms with E-state index in [0.29, 0.717) is 11.0 Å². The number of rotatable bonds is 4. The number of methoxy groups -OCH3 is 1. The lowest BCUT2D eigenvalue weighted by molar-refractivity contribution is 0.414. The molecule has 1 aromatic carbocycles. The predicted octanol–water partition coefficient (Wildman–Crippen LogP) is 2.26. The summed E-state index contributed by atoms with van der Waals surface area (Å²) in [6, 6.07) is 7.82. The van der Waals surface area contributed by atoms with Gasteiger partial charge in [0.1, 0.15) is 10.2 Å². The van der Waals surface area contributed by atoms with Crippen molar-refractivity contribution in [3.05, 3.63) is 57.2 Å². The normalized spacial score (nSPS) is 10.3. The maximum absolute atomic E-state index is 11.7. The second-order valence-electron chi connectivity index (χ2n) is 3.84. The number of hydrogen-bond donors (Lipinski definition) is 0. The Morgan fingerprint density at radius 3 is 2.72 bits per heavy atom. The molecule has 0 unspecified atom stereocenters.